The van der Waals surface area contributed by atoms with Crippen LogP contribution in [0.15, 0.2) is 47.1 Å². The van der Waals surface area contributed by atoms with Crippen LogP contribution in [0.4, 0.5) is 0 Å². The van der Waals surface area contributed by atoms with Crippen LogP contribution in [0.25, 0.3) is 6.08 Å². The van der Waals surface area contributed by atoms with E-state index in [-0.39, 0.29) is 24.1 Å². The Morgan fingerprint density at radius 3 is 2.38 bits per heavy atom. The molecule has 0 unspecified atom stereocenters. The van der Waals surface area contributed by atoms with Crippen molar-refractivity contribution in [3.63, 3.8) is 0 Å². The number of likely N-dealkylation sites (N-methyl/N-ethyl adjacent to an activating group) is 1. The number of methoxy groups -OCH3 is 1. The Hall–Kier alpha value is -4.01. The SMILES string of the molecule is CCNC(=O)COc1ccc(C=C2N=C(c3ccc(OCC)c(OCC)c3)OC2=O)cc1OC. The second-order valence-corrected chi connectivity index (χ2v) is 7.02. The van der Waals surface area contributed by atoms with Crippen LogP contribution in [0, 0.1) is 0 Å². The molecule has 0 atom stereocenters. The van der Waals surface area contributed by atoms with E-state index in [1.807, 2.05) is 20.8 Å². The van der Waals surface area contributed by atoms with Crippen LogP contribution in [0.1, 0.15) is 31.9 Å². The Morgan fingerprint density at radius 1 is 0.971 bits per heavy atom. The summed E-state index contributed by atoms with van der Waals surface area (Å²) < 4.78 is 27.5. The van der Waals surface area contributed by atoms with Crippen molar-refractivity contribution >= 4 is 23.9 Å². The number of esters is 1. The fourth-order valence-corrected chi connectivity index (χ4v) is 3.16. The number of aliphatic imine (C=N–C) groups is 1. The highest BCUT2D eigenvalue weighted by molar-refractivity contribution is 6.13. The number of cyclic esters (lactones) is 1. The molecule has 9 nitrogen and oxygen atoms in total. The van der Waals surface area contributed by atoms with Crippen LogP contribution in [0.2, 0.25) is 0 Å². The van der Waals surface area contributed by atoms with Crippen molar-refractivity contribution < 1.29 is 33.3 Å². The molecule has 1 amide bonds. The number of hydrogen-bond donors (Lipinski definition) is 1. The summed E-state index contributed by atoms with van der Waals surface area (Å²) in [7, 11) is 1.49. The first-order valence-electron chi connectivity index (χ1n) is 11.0. The number of nitrogens with zero attached hydrogens (tertiary/aromatic N) is 1. The zero-order chi connectivity index (χ0) is 24.5. The number of carbonyl (C=O) groups is 2. The van der Waals surface area contributed by atoms with Gasteiger partial charge in [-0.3, -0.25) is 4.79 Å². The van der Waals surface area contributed by atoms with Crippen LogP contribution in [0.3, 0.4) is 0 Å². The molecule has 0 bridgehead atoms. The van der Waals surface area contributed by atoms with E-state index in [1.54, 1.807) is 42.5 Å². The van der Waals surface area contributed by atoms with Gasteiger partial charge in [0.25, 0.3) is 5.91 Å². The molecule has 0 aliphatic carbocycles. The monoisotopic (exact) mass is 468 g/mol. The predicted molar refractivity (Wildman–Crippen MR) is 127 cm³/mol. The molecule has 0 radical (unpaired) electrons. The summed E-state index contributed by atoms with van der Waals surface area (Å²) in [5.41, 5.74) is 1.39. The van der Waals surface area contributed by atoms with E-state index in [0.717, 1.165) is 0 Å². The molecule has 3 rings (SSSR count). The van der Waals surface area contributed by atoms with Gasteiger partial charge < -0.3 is 29.0 Å². The van der Waals surface area contributed by atoms with E-state index in [0.29, 0.717) is 53.9 Å². The van der Waals surface area contributed by atoms with E-state index >= 15 is 0 Å². The summed E-state index contributed by atoms with van der Waals surface area (Å²) >= 11 is 0. The minimum atomic E-state index is -0.572. The number of carbonyl (C=O) groups excluding carboxylic acids is 2. The van der Waals surface area contributed by atoms with E-state index in [1.165, 1.54) is 7.11 Å². The molecule has 1 N–H and O–H groups in total. The minimum Gasteiger partial charge on any atom is -0.493 e. The Labute approximate surface area is 198 Å². The van der Waals surface area contributed by atoms with Crippen LogP contribution < -0.4 is 24.3 Å². The molecule has 1 aliphatic rings. The second kappa shape index (κ2) is 11.7. The first kappa shape index (κ1) is 24.6. The van der Waals surface area contributed by atoms with Gasteiger partial charge in [0.2, 0.25) is 5.90 Å². The molecule has 34 heavy (non-hydrogen) atoms. The summed E-state index contributed by atoms with van der Waals surface area (Å²) in [6, 6.07) is 10.3. The molecule has 2 aromatic rings. The van der Waals surface area contributed by atoms with Crippen molar-refractivity contribution in [1.29, 1.82) is 0 Å². The summed E-state index contributed by atoms with van der Waals surface area (Å²) in [5, 5.41) is 2.66. The fraction of sp³-hybridized carbons (Fsp3) is 0.320. The number of hydrogen-bond acceptors (Lipinski definition) is 8. The molecule has 9 heteroatoms. The molecule has 1 aliphatic heterocycles. The van der Waals surface area contributed by atoms with Gasteiger partial charge in [-0.1, -0.05) is 6.07 Å². The maximum atomic E-state index is 12.4. The van der Waals surface area contributed by atoms with Crippen LogP contribution >= 0.6 is 0 Å². The van der Waals surface area contributed by atoms with Crippen molar-refractivity contribution in [2.75, 3.05) is 33.5 Å². The lowest BCUT2D eigenvalue weighted by Crippen LogP contribution is -2.28. The lowest BCUT2D eigenvalue weighted by atomic mass is 10.1. The summed E-state index contributed by atoms with van der Waals surface area (Å²) in [5.74, 6) is 1.36. The molecular formula is C25H28N2O7. The smallest absolute Gasteiger partial charge is 0.363 e. The average molecular weight is 469 g/mol. The van der Waals surface area contributed by atoms with Crippen molar-refractivity contribution in [2.45, 2.75) is 20.8 Å². The highest BCUT2D eigenvalue weighted by atomic mass is 16.6. The van der Waals surface area contributed by atoms with Crippen LogP contribution in [0.5, 0.6) is 23.0 Å². The van der Waals surface area contributed by atoms with Gasteiger partial charge in [0.1, 0.15) is 0 Å². The zero-order valence-electron chi connectivity index (χ0n) is 19.7. The van der Waals surface area contributed by atoms with E-state index in [9.17, 15) is 9.59 Å². The molecule has 180 valence electrons. The molecule has 0 spiro atoms. The molecular weight excluding hydrogens is 440 g/mol. The number of ether oxygens (including phenoxy) is 5. The predicted octanol–water partition coefficient (Wildman–Crippen LogP) is 3.35. The lowest BCUT2D eigenvalue weighted by Gasteiger charge is -2.11. The topological polar surface area (TPSA) is 105 Å². The largest absolute Gasteiger partial charge is 0.493 e. The standard InChI is InChI=1S/C25H28N2O7/c1-5-26-23(28)15-33-19-10-8-16(13-21(19)30-4)12-18-25(29)34-24(27-18)17-9-11-20(31-6-2)22(14-17)32-7-3/h8-14H,5-7,15H2,1-4H3,(H,26,28). The number of amides is 1. The quantitative estimate of drug-likeness (QED) is 0.398. The van der Waals surface area contributed by atoms with Gasteiger partial charge in [0, 0.05) is 12.1 Å². The van der Waals surface area contributed by atoms with Crippen LogP contribution in [-0.4, -0.2) is 51.2 Å². The first-order valence-corrected chi connectivity index (χ1v) is 11.0. The molecule has 0 fully saturated rings. The fourth-order valence-electron chi connectivity index (χ4n) is 3.16. The molecule has 1 heterocycles. The van der Waals surface area contributed by atoms with Gasteiger partial charge in [-0.15, -0.1) is 0 Å². The summed E-state index contributed by atoms with van der Waals surface area (Å²) in [4.78, 5) is 28.4. The van der Waals surface area contributed by atoms with Gasteiger partial charge in [-0.2, -0.15) is 0 Å². The number of benzene rings is 2. The minimum absolute atomic E-state index is 0.129. The van der Waals surface area contributed by atoms with E-state index in [4.69, 9.17) is 23.7 Å². The maximum absolute atomic E-state index is 12.4. The Kier molecular flexibility index (Phi) is 8.50. The number of rotatable bonds is 11. The third-order valence-corrected chi connectivity index (χ3v) is 4.63. The van der Waals surface area contributed by atoms with Gasteiger partial charge in [-0.25, -0.2) is 9.79 Å². The Morgan fingerprint density at radius 2 is 1.68 bits per heavy atom. The molecule has 0 aromatic heterocycles. The molecule has 0 saturated carbocycles. The van der Waals surface area contributed by atoms with Crippen LogP contribution in [-0.2, 0) is 14.3 Å². The summed E-state index contributed by atoms with van der Waals surface area (Å²) in [6.45, 7) is 6.95. The lowest BCUT2D eigenvalue weighted by molar-refractivity contribution is -0.130. The highest BCUT2D eigenvalue weighted by Gasteiger charge is 2.25. The Bertz CT molecular complexity index is 1110. The third kappa shape index (κ3) is 6.06. The zero-order valence-corrected chi connectivity index (χ0v) is 19.7. The summed E-state index contributed by atoms with van der Waals surface area (Å²) in [6.07, 6.45) is 1.59. The van der Waals surface area contributed by atoms with Crippen molar-refractivity contribution in [3.05, 3.63) is 53.2 Å². The normalized spacial score (nSPS) is 13.8. The van der Waals surface area contributed by atoms with Gasteiger partial charge in [0.15, 0.2) is 35.3 Å². The van der Waals surface area contributed by atoms with E-state index in [2.05, 4.69) is 10.3 Å². The van der Waals surface area contributed by atoms with Gasteiger partial charge in [-0.05, 0) is 62.7 Å². The average Bonchev–Trinajstić information content (AvgIpc) is 3.19. The molecule has 2 aromatic carbocycles. The molecule has 0 saturated heterocycles. The maximum Gasteiger partial charge on any atom is 0.363 e. The van der Waals surface area contributed by atoms with Crippen molar-refractivity contribution in [2.24, 2.45) is 4.99 Å². The van der Waals surface area contributed by atoms with Crippen molar-refractivity contribution in [1.82, 2.24) is 5.32 Å². The van der Waals surface area contributed by atoms with E-state index < -0.39 is 5.97 Å². The van der Waals surface area contributed by atoms with Gasteiger partial charge in [0.05, 0.1) is 20.3 Å². The Balaban J connectivity index is 1.82. The van der Waals surface area contributed by atoms with Crippen molar-refractivity contribution in [3.8, 4) is 23.0 Å². The highest BCUT2D eigenvalue weighted by Crippen LogP contribution is 2.32. The second-order valence-electron chi connectivity index (χ2n) is 7.02. The number of nitrogens with one attached hydrogen (secondary N) is 1. The van der Waals surface area contributed by atoms with Gasteiger partial charge >= 0.3 is 5.97 Å². The third-order valence-electron chi connectivity index (χ3n) is 4.63. The first-order chi connectivity index (χ1) is 16.5.